The van der Waals surface area contributed by atoms with Gasteiger partial charge in [0.15, 0.2) is 5.69 Å². The van der Waals surface area contributed by atoms with Crippen LogP contribution in [0.4, 0.5) is 8.78 Å². The van der Waals surface area contributed by atoms with Crippen molar-refractivity contribution in [2.24, 2.45) is 0 Å². The molecule has 6 heteroatoms. The summed E-state index contributed by atoms with van der Waals surface area (Å²) in [6.07, 6.45) is -2.74. The van der Waals surface area contributed by atoms with E-state index in [0.29, 0.717) is 0 Å². The average molecular weight is 267 g/mol. The molecule has 0 fully saturated rings. The Hall–Kier alpha value is -0.730. The van der Waals surface area contributed by atoms with Gasteiger partial charge in [0, 0.05) is 4.47 Å². The van der Waals surface area contributed by atoms with Gasteiger partial charge in [-0.2, -0.15) is 5.26 Å². The molecule has 1 rings (SSSR count). The molecule has 68 valence electrons. The highest BCUT2D eigenvalue weighted by Crippen LogP contribution is 2.30. The van der Waals surface area contributed by atoms with Crippen LogP contribution in [0.3, 0.4) is 0 Å². The highest BCUT2D eigenvalue weighted by atomic mass is 79.9. The Labute approximate surface area is 86.3 Å². The lowest BCUT2D eigenvalue weighted by atomic mass is 10.2. The van der Waals surface area contributed by atoms with Crippen molar-refractivity contribution < 1.29 is 8.78 Å². The van der Waals surface area contributed by atoms with Gasteiger partial charge in [-0.25, -0.2) is 13.8 Å². The minimum absolute atomic E-state index is 0.00725. The van der Waals surface area contributed by atoms with E-state index in [4.69, 9.17) is 16.9 Å². The smallest absolute Gasteiger partial charge is 0.225 e. The molecule has 1 aromatic rings. The molecular formula is C7H2BrClF2N2. The number of pyridine rings is 1. The summed E-state index contributed by atoms with van der Waals surface area (Å²) in [4.78, 5) is 3.47. The van der Waals surface area contributed by atoms with E-state index in [-0.39, 0.29) is 15.3 Å². The fourth-order valence-electron chi connectivity index (χ4n) is 0.788. The fraction of sp³-hybridized carbons (Fsp3) is 0.143. The lowest BCUT2D eigenvalue weighted by molar-refractivity contribution is 0.149. The summed E-state index contributed by atoms with van der Waals surface area (Å²) < 4.78 is 24.8. The molecule has 1 aromatic heterocycles. The number of alkyl halides is 2. The van der Waals surface area contributed by atoms with Crippen molar-refractivity contribution in [3.05, 3.63) is 26.9 Å². The number of nitriles is 1. The van der Waals surface area contributed by atoms with Gasteiger partial charge in [0.25, 0.3) is 6.43 Å². The van der Waals surface area contributed by atoms with Crippen LogP contribution in [0, 0.1) is 11.3 Å². The zero-order valence-electron chi connectivity index (χ0n) is 6.06. The number of rotatable bonds is 1. The van der Waals surface area contributed by atoms with Crippen LogP contribution in [-0.2, 0) is 0 Å². The second-order valence-electron chi connectivity index (χ2n) is 2.10. The molecule has 0 radical (unpaired) electrons. The third kappa shape index (κ3) is 2.14. The van der Waals surface area contributed by atoms with Gasteiger partial charge in [-0.15, -0.1) is 0 Å². The SMILES string of the molecule is N#Cc1nc(Cl)cc(Br)c1C(F)F. The summed E-state index contributed by atoms with van der Waals surface area (Å²) in [5.41, 5.74) is -0.777. The Balaban J connectivity index is 3.41. The number of hydrogen-bond acceptors (Lipinski definition) is 2. The van der Waals surface area contributed by atoms with Gasteiger partial charge >= 0.3 is 0 Å². The molecule has 0 aliphatic heterocycles. The fourth-order valence-corrected chi connectivity index (χ4v) is 1.69. The van der Waals surface area contributed by atoms with Crippen LogP contribution in [0.2, 0.25) is 5.15 Å². The molecule has 1 heterocycles. The highest BCUT2D eigenvalue weighted by Gasteiger charge is 2.18. The van der Waals surface area contributed by atoms with Crippen molar-refractivity contribution in [1.82, 2.24) is 4.98 Å². The summed E-state index contributed by atoms with van der Waals surface area (Å²) in [6.45, 7) is 0. The Morgan fingerprint density at radius 2 is 2.23 bits per heavy atom. The van der Waals surface area contributed by atoms with Gasteiger partial charge in [0.2, 0.25) is 0 Å². The monoisotopic (exact) mass is 266 g/mol. The number of nitrogens with zero attached hydrogens (tertiary/aromatic N) is 2. The summed E-state index contributed by atoms with van der Waals surface area (Å²) in [6, 6.07) is 2.78. The van der Waals surface area contributed by atoms with E-state index >= 15 is 0 Å². The topological polar surface area (TPSA) is 36.7 Å². The van der Waals surface area contributed by atoms with Gasteiger partial charge < -0.3 is 0 Å². The van der Waals surface area contributed by atoms with E-state index < -0.39 is 12.0 Å². The predicted octanol–water partition coefficient (Wildman–Crippen LogP) is 3.31. The van der Waals surface area contributed by atoms with E-state index in [9.17, 15) is 8.78 Å². The van der Waals surface area contributed by atoms with Crippen molar-refractivity contribution >= 4 is 27.5 Å². The zero-order valence-corrected chi connectivity index (χ0v) is 8.40. The molecule has 0 amide bonds. The molecule has 0 aliphatic carbocycles. The molecule has 0 bridgehead atoms. The maximum absolute atomic E-state index is 12.3. The number of halogens is 4. The van der Waals surface area contributed by atoms with Crippen LogP contribution in [-0.4, -0.2) is 4.98 Å². The number of aromatic nitrogens is 1. The molecule has 0 N–H and O–H groups in total. The van der Waals surface area contributed by atoms with Crippen molar-refractivity contribution in [3.63, 3.8) is 0 Å². The highest BCUT2D eigenvalue weighted by molar-refractivity contribution is 9.10. The largest absolute Gasteiger partial charge is 0.267 e. The maximum Gasteiger partial charge on any atom is 0.267 e. The van der Waals surface area contributed by atoms with Crippen molar-refractivity contribution in [2.45, 2.75) is 6.43 Å². The Morgan fingerprint density at radius 1 is 1.62 bits per heavy atom. The van der Waals surface area contributed by atoms with E-state index in [2.05, 4.69) is 20.9 Å². The zero-order chi connectivity index (χ0) is 10.0. The lowest BCUT2D eigenvalue weighted by Gasteiger charge is -2.04. The van der Waals surface area contributed by atoms with Crippen LogP contribution in [0.15, 0.2) is 10.5 Å². The molecule has 2 nitrogen and oxygen atoms in total. The van der Waals surface area contributed by atoms with Gasteiger partial charge in [-0.05, 0) is 6.07 Å². The molecule has 0 saturated heterocycles. The third-order valence-electron chi connectivity index (χ3n) is 1.30. The third-order valence-corrected chi connectivity index (χ3v) is 2.15. The molecule has 0 aromatic carbocycles. The molecule has 0 spiro atoms. The molecular weight excluding hydrogens is 265 g/mol. The Kier molecular flexibility index (Phi) is 3.17. The van der Waals surface area contributed by atoms with Crippen LogP contribution in [0.1, 0.15) is 17.7 Å². The van der Waals surface area contributed by atoms with E-state index in [1.807, 2.05) is 0 Å². The number of hydrogen-bond donors (Lipinski definition) is 0. The second kappa shape index (κ2) is 3.99. The summed E-state index contributed by atoms with van der Waals surface area (Å²) in [5.74, 6) is 0. The molecule has 0 aliphatic rings. The van der Waals surface area contributed by atoms with Crippen molar-refractivity contribution in [2.75, 3.05) is 0 Å². The molecule has 0 saturated carbocycles. The quantitative estimate of drug-likeness (QED) is 0.732. The Bertz CT molecular complexity index is 375. The minimum atomic E-state index is -2.74. The van der Waals surface area contributed by atoms with Gasteiger partial charge in [-0.3, -0.25) is 0 Å². The standard InChI is InChI=1S/C7H2BrClF2N2/c8-3-1-5(9)13-4(2-12)6(3)7(10)11/h1,7H. The Morgan fingerprint density at radius 3 is 2.69 bits per heavy atom. The first kappa shape index (κ1) is 10.4. The molecule has 0 unspecified atom stereocenters. The van der Waals surface area contributed by atoms with E-state index in [1.165, 1.54) is 6.07 Å². The first-order valence-electron chi connectivity index (χ1n) is 3.10. The van der Waals surface area contributed by atoms with Gasteiger partial charge in [0.1, 0.15) is 11.2 Å². The van der Waals surface area contributed by atoms with Crippen LogP contribution < -0.4 is 0 Å². The van der Waals surface area contributed by atoms with E-state index in [1.54, 1.807) is 6.07 Å². The van der Waals surface area contributed by atoms with Gasteiger partial charge in [-0.1, -0.05) is 27.5 Å². The first-order chi connectivity index (χ1) is 6.06. The predicted molar refractivity (Wildman–Crippen MR) is 46.6 cm³/mol. The molecule has 0 atom stereocenters. The maximum atomic E-state index is 12.3. The van der Waals surface area contributed by atoms with Crippen molar-refractivity contribution in [1.29, 1.82) is 5.26 Å². The molecule has 13 heavy (non-hydrogen) atoms. The lowest BCUT2D eigenvalue weighted by Crippen LogP contribution is -1.96. The normalized spacial score (nSPS) is 10.2. The van der Waals surface area contributed by atoms with Gasteiger partial charge in [0.05, 0.1) is 5.56 Å². The summed E-state index contributed by atoms with van der Waals surface area (Å²) in [5, 5.41) is 8.50. The minimum Gasteiger partial charge on any atom is -0.225 e. The van der Waals surface area contributed by atoms with E-state index in [0.717, 1.165) is 0 Å². The summed E-state index contributed by atoms with van der Waals surface area (Å²) >= 11 is 8.35. The summed E-state index contributed by atoms with van der Waals surface area (Å²) in [7, 11) is 0. The van der Waals surface area contributed by atoms with Crippen LogP contribution >= 0.6 is 27.5 Å². The average Bonchev–Trinajstić information content (AvgIpc) is 2.01. The van der Waals surface area contributed by atoms with Crippen molar-refractivity contribution in [3.8, 4) is 6.07 Å². The van der Waals surface area contributed by atoms with Crippen LogP contribution in [0.5, 0.6) is 0 Å². The second-order valence-corrected chi connectivity index (χ2v) is 3.34. The first-order valence-corrected chi connectivity index (χ1v) is 4.27. The van der Waals surface area contributed by atoms with Crippen LogP contribution in [0.25, 0.3) is 0 Å².